The third-order valence-corrected chi connectivity index (χ3v) is 7.11. The largest absolute Gasteiger partial charge is 0.573 e. The first kappa shape index (κ1) is 21.7. The van der Waals surface area contributed by atoms with Crippen molar-refractivity contribution < 1.29 is 22.7 Å². The number of ether oxygens (including phenoxy) is 1. The molecule has 0 amide bonds. The van der Waals surface area contributed by atoms with Crippen LogP contribution in [0.2, 0.25) is 5.02 Å². The molecule has 0 spiro atoms. The van der Waals surface area contributed by atoms with Gasteiger partial charge in [-0.05, 0) is 54.4 Å². The number of H-pyrrole nitrogens is 1. The zero-order valence-corrected chi connectivity index (χ0v) is 18.4. The summed E-state index contributed by atoms with van der Waals surface area (Å²) < 4.78 is 41.6. The maximum Gasteiger partial charge on any atom is 0.573 e. The van der Waals surface area contributed by atoms with Gasteiger partial charge in [0.2, 0.25) is 5.43 Å². The fraction of sp³-hybridized carbons (Fsp3) is 0.167. The first-order valence-electron chi connectivity index (χ1n) is 10.0. The minimum Gasteiger partial charge on any atom is -0.406 e. The number of ketones is 1. The van der Waals surface area contributed by atoms with Gasteiger partial charge in [0.05, 0.1) is 5.56 Å². The van der Waals surface area contributed by atoms with Crippen molar-refractivity contribution in [1.82, 2.24) is 4.98 Å². The maximum atomic E-state index is 12.9. The quantitative estimate of drug-likeness (QED) is 0.347. The van der Waals surface area contributed by atoms with E-state index in [-0.39, 0.29) is 34.9 Å². The summed E-state index contributed by atoms with van der Waals surface area (Å²) in [6, 6.07) is 14.4. The zero-order valence-electron chi connectivity index (χ0n) is 16.8. The summed E-state index contributed by atoms with van der Waals surface area (Å²) in [5, 5.41) is 0.803. The molecule has 0 bridgehead atoms. The minimum atomic E-state index is -4.76. The number of fused-ring (bicyclic) bond motifs is 2. The lowest BCUT2D eigenvalue weighted by Crippen LogP contribution is -2.27. The van der Waals surface area contributed by atoms with Gasteiger partial charge >= 0.3 is 6.36 Å². The molecule has 1 unspecified atom stereocenters. The number of benzene rings is 2. The van der Waals surface area contributed by atoms with Crippen molar-refractivity contribution in [2.24, 2.45) is 0 Å². The summed E-state index contributed by atoms with van der Waals surface area (Å²) in [6.07, 6.45) is -4.10. The number of pyridine rings is 1. The van der Waals surface area contributed by atoms with Gasteiger partial charge in [0.25, 0.3) is 0 Å². The lowest BCUT2D eigenvalue weighted by atomic mass is 9.84. The van der Waals surface area contributed by atoms with Crippen LogP contribution in [0.15, 0.2) is 59.4 Å². The molecule has 168 valence electrons. The van der Waals surface area contributed by atoms with E-state index in [0.29, 0.717) is 33.6 Å². The SMILES string of the molecule is O=C1CC(c2ccc(-c3cccc(OC(F)(F)F)c3)s2)Cc2[nH]c3ccc(Cl)cc3c(=O)c21. The highest BCUT2D eigenvalue weighted by Crippen LogP contribution is 2.39. The molecule has 4 aromatic rings. The number of aromatic amines is 1. The second-order valence-corrected chi connectivity index (χ2v) is 9.36. The molecule has 2 aromatic heterocycles. The Balaban J connectivity index is 1.46. The third-order valence-electron chi connectivity index (χ3n) is 5.58. The van der Waals surface area contributed by atoms with Crippen molar-refractivity contribution in [2.45, 2.75) is 25.1 Å². The van der Waals surface area contributed by atoms with Gasteiger partial charge in [-0.2, -0.15) is 0 Å². The van der Waals surface area contributed by atoms with Crippen LogP contribution in [-0.4, -0.2) is 17.1 Å². The number of alkyl halides is 3. The molecule has 1 N–H and O–H groups in total. The highest BCUT2D eigenvalue weighted by Gasteiger charge is 2.32. The lowest BCUT2D eigenvalue weighted by Gasteiger charge is -2.22. The standard InChI is InChI=1S/C24H15ClF3NO3S/c25-14-4-5-17-16(11-14)23(31)22-18(29-17)9-13(10-19(22)30)21-7-6-20(33-21)12-2-1-3-15(8-12)32-24(26,27)28/h1-8,11,13H,9-10H2,(H,29,31). The summed E-state index contributed by atoms with van der Waals surface area (Å²) in [5.41, 5.74) is 1.65. The summed E-state index contributed by atoms with van der Waals surface area (Å²) in [5.74, 6) is -0.667. The van der Waals surface area contributed by atoms with Crippen LogP contribution in [0.1, 0.15) is 33.3 Å². The second-order valence-electron chi connectivity index (χ2n) is 7.80. The van der Waals surface area contributed by atoms with Crippen LogP contribution in [0.5, 0.6) is 5.75 Å². The maximum absolute atomic E-state index is 12.9. The molecule has 1 aliphatic rings. The summed E-state index contributed by atoms with van der Waals surface area (Å²) in [4.78, 5) is 30.7. The molecule has 0 aliphatic heterocycles. The Morgan fingerprint density at radius 1 is 1.03 bits per heavy atom. The molecule has 2 aromatic carbocycles. The van der Waals surface area contributed by atoms with Gasteiger partial charge in [-0.1, -0.05) is 23.7 Å². The van der Waals surface area contributed by atoms with Crippen LogP contribution >= 0.6 is 22.9 Å². The van der Waals surface area contributed by atoms with Crippen molar-refractivity contribution in [2.75, 3.05) is 0 Å². The van der Waals surface area contributed by atoms with E-state index in [1.54, 1.807) is 24.3 Å². The fourth-order valence-corrected chi connectivity index (χ4v) is 5.45. The van der Waals surface area contributed by atoms with Gasteiger partial charge in [-0.3, -0.25) is 9.59 Å². The molecule has 2 heterocycles. The zero-order chi connectivity index (χ0) is 23.3. The van der Waals surface area contributed by atoms with Crippen molar-refractivity contribution >= 4 is 39.6 Å². The van der Waals surface area contributed by atoms with Crippen molar-refractivity contribution in [3.8, 4) is 16.2 Å². The van der Waals surface area contributed by atoms with Crippen molar-refractivity contribution in [1.29, 1.82) is 0 Å². The number of halogens is 4. The van der Waals surface area contributed by atoms with Crippen molar-refractivity contribution in [3.05, 3.63) is 86.0 Å². The first-order valence-corrected chi connectivity index (χ1v) is 11.2. The predicted molar refractivity (Wildman–Crippen MR) is 121 cm³/mol. The Morgan fingerprint density at radius 2 is 1.85 bits per heavy atom. The highest BCUT2D eigenvalue weighted by atomic mass is 35.5. The van der Waals surface area contributed by atoms with E-state index >= 15 is 0 Å². The third kappa shape index (κ3) is 4.28. The number of nitrogens with one attached hydrogen (secondary N) is 1. The Kier molecular flexibility index (Phi) is 5.29. The average molecular weight is 490 g/mol. The molecule has 9 heteroatoms. The Labute approximate surface area is 194 Å². The summed E-state index contributed by atoms with van der Waals surface area (Å²) >= 11 is 7.41. The van der Waals surface area contributed by atoms with E-state index in [9.17, 15) is 22.8 Å². The molecule has 0 radical (unpaired) electrons. The minimum absolute atomic E-state index is 0.140. The molecular weight excluding hydrogens is 475 g/mol. The van der Waals surface area contributed by atoms with E-state index < -0.39 is 6.36 Å². The number of carbonyl (C=O) groups excluding carboxylic acids is 1. The number of carbonyl (C=O) groups is 1. The van der Waals surface area contributed by atoms with Crippen LogP contribution in [-0.2, 0) is 6.42 Å². The van der Waals surface area contributed by atoms with E-state index in [0.717, 1.165) is 9.75 Å². The molecular formula is C24H15ClF3NO3S. The summed E-state index contributed by atoms with van der Waals surface area (Å²) in [7, 11) is 0. The average Bonchev–Trinajstić information content (AvgIpc) is 3.23. The molecule has 4 nitrogen and oxygen atoms in total. The van der Waals surface area contributed by atoms with E-state index in [4.69, 9.17) is 11.6 Å². The lowest BCUT2D eigenvalue weighted by molar-refractivity contribution is -0.274. The normalized spacial score (nSPS) is 16.1. The van der Waals surface area contributed by atoms with Crippen LogP contribution in [0.4, 0.5) is 13.2 Å². The molecule has 0 fully saturated rings. The van der Waals surface area contributed by atoms with Crippen LogP contribution in [0.3, 0.4) is 0 Å². The van der Waals surface area contributed by atoms with Gasteiger partial charge in [0, 0.05) is 43.7 Å². The molecule has 1 atom stereocenters. The van der Waals surface area contributed by atoms with Gasteiger partial charge in [-0.25, -0.2) is 0 Å². The predicted octanol–water partition coefficient (Wildman–Crippen LogP) is 6.72. The van der Waals surface area contributed by atoms with Crippen LogP contribution in [0, 0.1) is 0 Å². The van der Waals surface area contributed by atoms with Crippen LogP contribution in [0.25, 0.3) is 21.3 Å². The number of aromatic nitrogens is 1. The molecule has 0 saturated carbocycles. The monoisotopic (exact) mass is 489 g/mol. The molecule has 5 rings (SSSR count). The number of Topliss-reactive ketones (excluding diaryl/α,β-unsaturated/α-hetero) is 1. The smallest absolute Gasteiger partial charge is 0.406 e. The first-order chi connectivity index (χ1) is 15.7. The Bertz CT molecular complexity index is 1460. The number of hydrogen-bond acceptors (Lipinski definition) is 4. The van der Waals surface area contributed by atoms with E-state index in [1.165, 1.54) is 29.5 Å². The van der Waals surface area contributed by atoms with E-state index in [2.05, 4.69) is 9.72 Å². The topological polar surface area (TPSA) is 59.2 Å². The second kappa shape index (κ2) is 8.04. The molecule has 33 heavy (non-hydrogen) atoms. The fourth-order valence-electron chi connectivity index (χ4n) is 4.18. The number of hydrogen-bond donors (Lipinski definition) is 1. The van der Waals surface area contributed by atoms with Gasteiger partial charge in [0.1, 0.15) is 5.75 Å². The number of thiophene rings is 1. The molecule has 1 aliphatic carbocycles. The highest BCUT2D eigenvalue weighted by molar-refractivity contribution is 7.15. The van der Waals surface area contributed by atoms with E-state index in [1.807, 2.05) is 12.1 Å². The Hall–Kier alpha value is -3.10. The van der Waals surface area contributed by atoms with Gasteiger partial charge < -0.3 is 9.72 Å². The van der Waals surface area contributed by atoms with Crippen LogP contribution < -0.4 is 10.2 Å². The van der Waals surface area contributed by atoms with Crippen molar-refractivity contribution in [3.63, 3.8) is 0 Å². The van der Waals surface area contributed by atoms with Gasteiger partial charge in [-0.15, -0.1) is 24.5 Å². The summed E-state index contributed by atoms with van der Waals surface area (Å²) in [6.45, 7) is 0. The Morgan fingerprint density at radius 3 is 2.64 bits per heavy atom. The van der Waals surface area contributed by atoms with Gasteiger partial charge in [0.15, 0.2) is 5.78 Å². The number of rotatable bonds is 3. The molecule has 0 saturated heterocycles.